The molecular formula is C16H12F3NO2S. The van der Waals surface area contributed by atoms with E-state index in [-0.39, 0.29) is 11.8 Å². The fourth-order valence-corrected chi connectivity index (χ4v) is 2.79. The summed E-state index contributed by atoms with van der Waals surface area (Å²) in [5.41, 5.74) is -2.99. The minimum Gasteiger partial charge on any atom is -0.457 e. The van der Waals surface area contributed by atoms with Crippen molar-refractivity contribution in [3.63, 3.8) is 0 Å². The van der Waals surface area contributed by atoms with Crippen LogP contribution in [-0.4, -0.2) is 17.2 Å². The highest BCUT2D eigenvalue weighted by Crippen LogP contribution is 2.42. The summed E-state index contributed by atoms with van der Waals surface area (Å²) in [5, 5.41) is 2.66. The summed E-state index contributed by atoms with van der Waals surface area (Å²) < 4.78 is 42.5. The summed E-state index contributed by atoms with van der Waals surface area (Å²) in [4.78, 5) is 11.9. The lowest BCUT2D eigenvalue weighted by Crippen LogP contribution is -2.33. The maximum atomic E-state index is 12.2. The van der Waals surface area contributed by atoms with E-state index in [1.165, 1.54) is 0 Å². The van der Waals surface area contributed by atoms with Crippen molar-refractivity contribution < 1.29 is 22.7 Å². The molecule has 1 N–H and O–H groups in total. The number of benzene rings is 2. The Hall–Kier alpha value is -2.15. The summed E-state index contributed by atoms with van der Waals surface area (Å²) in [5.74, 6) is -0.186. The Bertz CT molecular complexity index is 688. The first-order valence-corrected chi connectivity index (χ1v) is 7.78. The van der Waals surface area contributed by atoms with Crippen LogP contribution in [-0.2, 0) is 4.79 Å². The lowest BCUT2D eigenvalue weighted by Gasteiger charge is -2.28. The van der Waals surface area contributed by atoms with Crippen LogP contribution in [0.4, 0.5) is 13.2 Å². The monoisotopic (exact) mass is 339 g/mol. The number of ether oxygens (including phenoxy) is 1. The van der Waals surface area contributed by atoms with Crippen molar-refractivity contribution in [1.29, 1.82) is 0 Å². The highest BCUT2D eigenvalue weighted by atomic mass is 32.2. The first-order chi connectivity index (χ1) is 10.9. The smallest absolute Gasteiger partial charge is 0.442 e. The Morgan fingerprint density at radius 3 is 2.09 bits per heavy atom. The number of thioether (sulfide) groups is 1. The second-order valence-corrected chi connectivity index (χ2v) is 5.95. The van der Waals surface area contributed by atoms with E-state index < -0.39 is 23.2 Å². The van der Waals surface area contributed by atoms with Crippen LogP contribution in [0.15, 0.2) is 48.5 Å². The van der Waals surface area contributed by atoms with Crippen LogP contribution in [0.25, 0.3) is 0 Å². The van der Waals surface area contributed by atoms with Gasteiger partial charge in [0.15, 0.2) is 0 Å². The van der Waals surface area contributed by atoms with Crippen LogP contribution in [0.5, 0.6) is 11.5 Å². The van der Waals surface area contributed by atoms with Crippen LogP contribution in [0, 0.1) is 0 Å². The van der Waals surface area contributed by atoms with Crippen molar-refractivity contribution in [3.05, 3.63) is 59.7 Å². The molecule has 2 aromatic rings. The molecule has 0 spiro atoms. The molecule has 0 saturated heterocycles. The lowest BCUT2D eigenvalue weighted by molar-refractivity contribution is -0.119. The molecule has 0 aromatic heterocycles. The maximum Gasteiger partial charge on any atom is 0.442 e. The summed E-state index contributed by atoms with van der Waals surface area (Å²) in [6.07, 6.45) is 0. The van der Waals surface area contributed by atoms with Gasteiger partial charge in [0.05, 0.1) is 11.8 Å². The predicted octanol–water partition coefficient (Wildman–Crippen LogP) is 4.25. The highest BCUT2D eigenvalue weighted by Gasteiger charge is 2.31. The molecule has 2 aromatic carbocycles. The van der Waals surface area contributed by atoms with E-state index in [0.29, 0.717) is 11.5 Å². The van der Waals surface area contributed by atoms with E-state index in [1.807, 2.05) is 0 Å². The SMILES string of the molecule is O=C(CSC(F)(F)F)NC1c2ccccc2Oc2ccccc21. The number of fused-ring (bicyclic) bond motifs is 2. The van der Waals surface area contributed by atoms with Crippen molar-refractivity contribution in [3.8, 4) is 11.5 Å². The Kier molecular flexibility index (Phi) is 4.21. The molecule has 0 bridgehead atoms. The highest BCUT2D eigenvalue weighted by molar-refractivity contribution is 8.00. The number of carbonyl (C=O) groups is 1. The molecule has 0 saturated carbocycles. The number of para-hydroxylation sites is 2. The van der Waals surface area contributed by atoms with Gasteiger partial charge in [-0.15, -0.1) is 0 Å². The summed E-state index contributed by atoms with van der Waals surface area (Å²) >= 11 is -0.350. The van der Waals surface area contributed by atoms with Crippen molar-refractivity contribution in [2.24, 2.45) is 0 Å². The van der Waals surface area contributed by atoms with Gasteiger partial charge < -0.3 is 10.1 Å². The van der Waals surface area contributed by atoms with Gasteiger partial charge in [-0.05, 0) is 23.9 Å². The molecule has 0 fully saturated rings. The number of alkyl halides is 3. The van der Waals surface area contributed by atoms with Gasteiger partial charge in [0, 0.05) is 11.1 Å². The van der Waals surface area contributed by atoms with Crippen LogP contribution in [0.1, 0.15) is 17.2 Å². The molecule has 7 heteroatoms. The molecule has 0 radical (unpaired) electrons. The Morgan fingerprint density at radius 1 is 1.04 bits per heavy atom. The van der Waals surface area contributed by atoms with Gasteiger partial charge in [0.1, 0.15) is 11.5 Å². The maximum absolute atomic E-state index is 12.2. The van der Waals surface area contributed by atoms with Gasteiger partial charge in [0.2, 0.25) is 5.91 Å². The fraction of sp³-hybridized carbons (Fsp3) is 0.188. The molecule has 1 aliphatic rings. The zero-order valence-corrected chi connectivity index (χ0v) is 12.6. The Labute approximate surface area is 134 Å². The number of hydrogen-bond donors (Lipinski definition) is 1. The molecule has 3 nitrogen and oxygen atoms in total. The third-order valence-corrected chi connectivity index (χ3v) is 4.09. The summed E-state index contributed by atoms with van der Waals surface area (Å²) in [6.45, 7) is 0. The van der Waals surface area contributed by atoms with E-state index in [9.17, 15) is 18.0 Å². The van der Waals surface area contributed by atoms with Crippen LogP contribution < -0.4 is 10.1 Å². The van der Waals surface area contributed by atoms with Crippen molar-refractivity contribution in [1.82, 2.24) is 5.32 Å². The Morgan fingerprint density at radius 2 is 1.57 bits per heavy atom. The normalized spacial score (nSPS) is 13.7. The van der Waals surface area contributed by atoms with Gasteiger partial charge in [0.25, 0.3) is 0 Å². The quantitative estimate of drug-likeness (QED) is 0.908. The van der Waals surface area contributed by atoms with E-state index >= 15 is 0 Å². The second kappa shape index (κ2) is 6.16. The summed E-state index contributed by atoms with van der Waals surface area (Å²) in [7, 11) is 0. The second-order valence-electron chi connectivity index (χ2n) is 4.91. The number of halogens is 3. The minimum atomic E-state index is -4.43. The number of amides is 1. The zero-order chi connectivity index (χ0) is 16.4. The summed E-state index contributed by atoms with van der Waals surface area (Å²) in [6, 6.07) is 13.7. The standard InChI is InChI=1S/C16H12F3NO2S/c17-16(18,19)23-9-14(21)20-15-10-5-1-3-7-12(10)22-13-8-4-2-6-11(13)15/h1-8,15H,9H2,(H,20,21). The topological polar surface area (TPSA) is 38.3 Å². The average Bonchev–Trinajstić information content (AvgIpc) is 2.52. The number of hydrogen-bond acceptors (Lipinski definition) is 3. The molecule has 1 aliphatic heterocycles. The van der Waals surface area contributed by atoms with Gasteiger partial charge in [-0.3, -0.25) is 4.79 Å². The molecule has 1 amide bonds. The molecular weight excluding hydrogens is 327 g/mol. The lowest BCUT2D eigenvalue weighted by atomic mass is 9.94. The molecule has 0 atom stereocenters. The van der Waals surface area contributed by atoms with Gasteiger partial charge in [-0.1, -0.05) is 36.4 Å². The predicted molar refractivity (Wildman–Crippen MR) is 81.5 cm³/mol. The molecule has 0 unspecified atom stereocenters. The van der Waals surface area contributed by atoms with Crippen molar-refractivity contribution in [2.75, 3.05) is 5.75 Å². The molecule has 0 aliphatic carbocycles. The van der Waals surface area contributed by atoms with Crippen LogP contribution >= 0.6 is 11.8 Å². The average molecular weight is 339 g/mol. The van der Waals surface area contributed by atoms with Gasteiger partial charge in [-0.2, -0.15) is 13.2 Å². The van der Waals surface area contributed by atoms with E-state index in [4.69, 9.17) is 4.74 Å². The van der Waals surface area contributed by atoms with Gasteiger partial charge in [-0.25, -0.2) is 0 Å². The van der Waals surface area contributed by atoms with E-state index in [0.717, 1.165) is 11.1 Å². The third kappa shape index (κ3) is 3.61. The van der Waals surface area contributed by atoms with Crippen molar-refractivity contribution in [2.45, 2.75) is 11.6 Å². The minimum absolute atomic E-state index is 0.350. The fourth-order valence-electron chi connectivity index (χ4n) is 2.42. The molecule has 120 valence electrons. The largest absolute Gasteiger partial charge is 0.457 e. The van der Waals surface area contributed by atoms with E-state index in [2.05, 4.69) is 5.32 Å². The van der Waals surface area contributed by atoms with Crippen LogP contribution in [0.2, 0.25) is 0 Å². The third-order valence-electron chi connectivity index (χ3n) is 3.35. The number of nitrogens with one attached hydrogen (secondary N) is 1. The van der Waals surface area contributed by atoms with Crippen LogP contribution in [0.3, 0.4) is 0 Å². The van der Waals surface area contributed by atoms with E-state index in [1.54, 1.807) is 48.5 Å². The van der Waals surface area contributed by atoms with Crippen molar-refractivity contribution >= 4 is 17.7 Å². The first-order valence-electron chi connectivity index (χ1n) is 6.80. The molecule has 1 heterocycles. The van der Waals surface area contributed by atoms with Gasteiger partial charge >= 0.3 is 5.51 Å². The Balaban J connectivity index is 1.85. The molecule has 23 heavy (non-hydrogen) atoms. The number of rotatable bonds is 3. The first kappa shape index (κ1) is 15.7. The zero-order valence-electron chi connectivity index (χ0n) is 11.8. The number of carbonyl (C=O) groups excluding carboxylic acids is 1. The molecule has 3 rings (SSSR count).